The van der Waals surface area contributed by atoms with E-state index >= 15 is 0 Å². The number of sulfonamides is 1. The predicted octanol–water partition coefficient (Wildman–Crippen LogP) is 3.75. The number of amides is 1. The molecule has 0 aliphatic carbocycles. The number of methoxy groups -OCH3 is 1. The van der Waals surface area contributed by atoms with Crippen molar-refractivity contribution in [3.8, 4) is 0 Å². The van der Waals surface area contributed by atoms with Crippen molar-refractivity contribution in [3.05, 3.63) is 63.6 Å². The van der Waals surface area contributed by atoms with Crippen LogP contribution in [0.2, 0.25) is 10.0 Å². The molecule has 152 valence electrons. The van der Waals surface area contributed by atoms with Crippen LogP contribution in [0.15, 0.2) is 47.4 Å². The second kappa shape index (κ2) is 9.71. The maximum Gasteiger partial charge on any atom is 0.254 e. The second-order valence-corrected chi connectivity index (χ2v) is 8.79. The zero-order chi connectivity index (χ0) is 20.9. The second-order valence-electron chi connectivity index (χ2n) is 6.18. The number of nitrogens with zero attached hydrogens (tertiary/aromatic N) is 1. The summed E-state index contributed by atoms with van der Waals surface area (Å²) in [4.78, 5) is 14.4. The summed E-state index contributed by atoms with van der Waals surface area (Å²) in [6.45, 7) is 2.23. The Balaban J connectivity index is 2.24. The third-order valence-corrected chi connectivity index (χ3v) is 6.32. The Labute approximate surface area is 175 Å². The first-order chi connectivity index (χ1) is 13.2. The fourth-order valence-electron chi connectivity index (χ4n) is 2.59. The van der Waals surface area contributed by atoms with Crippen LogP contribution in [0.3, 0.4) is 0 Å². The van der Waals surface area contributed by atoms with Crippen molar-refractivity contribution in [3.63, 3.8) is 0 Å². The molecule has 0 fully saturated rings. The number of ether oxygens (including phenoxy) is 1. The van der Waals surface area contributed by atoms with E-state index in [9.17, 15) is 13.2 Å². The van der Waals surface area contributed by atoms with E-state index in [1.54, 1.807) is 31.3 Å². The lowest BCUT2D eigenvalue weighted by atomic mass is 10.1. The van der Waals surface area contributed by atoms with Crippen molar-refractivity contribution in [2.75, 3.05) is 27.3 Å². The van der Waals surface area contributed by atoms with Crippen LogP contribution in [-0.2, 0) is 14.8 Å². The van der Waals surface area contributed by atoms with Crippen molar-refractivity contribution >= 4 is 39.1 Å². The first-order valence-electron chi connectivity index (χ1n) is 8.48. The number of nitrogens with one attached hydrogen (secondary N) is 1. The molecule has 6 nitrogen and oxygen atoms in total. The van der Waals surface area contributed by atoms with Gasteiger partial charge in [-0.25, -0.2) is 13.1 Å². The molecule has 1 unspecified atom stereocenters. The molecule has 2 aromatic rings. The van der Waals surface area contributed by atoms with Gasteiger partial charge in [0.25, 0.3) is 5.91 Å². The van der Waals surface area contributed by atoms with E-state index < -0.39 is 10.0 Å². The van der Waals surface area contributed by atoms with Gasteiger partial charge in [-0.3, -0.25) is 4.79 Å². The van der Waals surface area contributed by atoms with Crippen LogP contribution in [0.1, 0.15) is 28.9 Å². The van der Waals surface area contributed by atoms with E-state index in [4.69, 9.17) is 27.9 Å². The van der Waals surface area contributed by atoms with Gasteiger partial charge in [-0.1, -0.05) is 35.3 Å². The number of carbonyl (C=O) groups excluding carboxylic acids is 1. The molecule has 0 bridgehead atoms. The lowest BCUT2D eigenvalue weighted by Gasteiger charge is -2.26. The van der Waals surface area contributed by atoms with Crippen molar-refractivity contribution in [2.24, 2.45) is 0 Å². The highest BCUT2D eigenvalue weighted by molar-refractivity contribution is 7.89. The zero-order valence-electron chi connectivity index (χ0n) is 15.8. The van der Waals surface area contributed by atoms with Gasteiger partial charge in [-0.15, -0.1) is 0 Å². The Hall–Kier alpha value is -1.64. The quantitative estimate of drug-likeness (QED) is 0.628. The number of hydrogen-bond acceptors (Lipinski definition) is 4. The van der Waals surface area contributed by atoms with E-state index in [0.29, 0.717) is 10.0 Å². The van der Waals surface area contributed by atoms with Gasteiger partial charge >= 0.3 is 0 Å². The molecule has 1 amide bonds. The number of hydrogen-bond donors (Lipinski definition) is 1. The average Bonchev–Trinajstić information content (AvgIpc) is 2.66. The number of benzene rings is 2. The third-order valence-electron chi connectivity index (χ3n) is 4.30. The van der Waals surface area contributed by atoms with Gasteiger partial charge in [0.1, 0.15) is 0 Å². The van der Waals surface area contributed by atoms with Gasteiger partial charge in [0.05, 0.1) is 17.5 Å². The van der Waals surface area contributed by atoms with Crippen molar-refractivity contribution < 1.29 is 17.9 Å². The van der Waals surface area contributed by atoms with Gasteiger partial charge in [-0.2, -0.15) is 0 Å². The molecule has 0 saturated carbocycles. The van der Waals surface area contributed by atoms with E-state index in [2.05, 4.69) is 4.72 Å². The highest BCUT2D eigenvalue weighted by atomic mass is 35.5. The van der Waals surface area contributed by atoms with Crippen LogP contribution in [0.5, 0.6) is 0 Å². The van der Waals surface area contributed by atoms with Crippen molar-refractivity contribution in [1.82, 2.24) is 9.62 Å². The molecule has 0 aliphatic heterocycles. The van der Waals surface area contributed by atoms with Gasteiger partial charge in [0, 0.05) is 36.3 Å². The van der Waals surface area contributed by atoms with E-state index in [1.807, 2.05) is 6.92 Å². The molecular formula is C19H22Cl2N2O4S. The molecule has 0 heterocycles. The Kier molecular flexibility index (Phi) is 7.86. The lowest BCUT2D eigenvalue weighted by molar-refractivity contribution is 0.0742. The van der Waals surface area contributed by atoms with Crippen LogP contribution in [-0.4, -0.2) is 46.5 Å². The average molecular weight is 445 g/mol. The summed E-state index contributed by atoms with van der Waals surface area (Å²) < 4.78 is 32.0. The molecule has 0 spiro atoms. The third kappa shape index (κ3) is 5.46. The summed E-state index contributed by atoms with van der Waals surface area (Å²) in [5.41, 5.74) is 1.00. The largest absolute Gasteiger partial charge is 0.383 e. The number of carbonyl (C=O) groups is 1. The Morgan fingerprint density at radius 2 is 1.93 bits per heavy atom. The van der Waals surface area contributed by atoms with Crippen LogP contribution in [0, 0.1) is 0 Å². The smallest absolute Gasteiger partial charge is 0.254 e. The summed E-state index contributed by atoms with van der Waals surface area (Å²) in [7, 11) is -0.616. The van der Waals surface area contributed by atoms with Crippen molar-refractivity contribution in [1.29, 1.82) is 0 Å². The molecule has 1 N–H and O–H groups in total. The van der Waals surface area contributed by atoms with Crippen LogP contribution in [0.25, 0.3) is 0 Å². The normalized spacial score (nSPS) is 12.6. The van der Waals surface area contributed by atoms with Crippen LogP contribution in [0.4, 0.5) is 0 Å². The summed E-state index contributed by atoms with van der Waals surface area (Å²) >= 11 is 12.2. The predicted molar refractivity (Wildman–Crippen MR) is 110 cm³/mol. The molecule has 0 aromatic heterocycles. The Morgan fingerprint density at radius 1 is 1.21 bits per heavy atom. The molecular weight excluding hydrogens is 423 g/mol. The standard InChI is InChI=1S/C19H22Cl2N2O4S/c1-13(17-8-7-15(20)12-18(17)21)23(2)19(24)14-5-4-6-16(11-14)28(25,26)22-9-10-27-3/h4-8,11-13,22H,9-10H2,1-3H3. The summed E-state index contributed by atoms with van der Waals surface area (Å²) in [5.74, 6) is -0.326. The minimum atomic E-state index is -3.73. The fraction of sp³-hybridized carbons (Fsp3) is 0.316. The summed E-state index contributed by atoms with van der Waals surface area (Å²) in [6, 6.07) is 10.6. The molecule has 0 radical (unpaired) electrons. The molecule has 9 heteroatoms. The first-order valence-corrected chi connectivity index (χ1v) is 10.7. The van der Waals surface area contributed by atoms with Crippen LogP contribution < -0.4 is 4.72 Å². The monoisotopic (exact) mass is 444 g/mol. The Bertz CT molecular complexity index is 951. The van der Waals surface area contributed by atoms with Gasteiger partial charge in [0.15, 0.2) is 0 Å². The molecule has 0 saturated heterocycles. The Morgan fingerprint density at radius 3 is 2.57 bits per heavy atom. The first kappa shape index (κ1) is 22.6. The van der Waals surface area contributed by atoms with Crippen molar-refractivity contribution in [2.45, 2.75) is 17.9 Å². The van der Waals surface area contributed by atoms with Gasteiger partial charge in [0.2, 0.25) is 10.0 Å². The SMILES string of the molecule is COCCNS(=O)(=O)c1cccc(C(=O)N(C)C(C)c2ccc(Cl)cc2Cl)c1. The highest BCUT2D eigenvalue weighted by Gasteiger charge is 2.22. The van der Waals surface area contributed by atoms with Gasteiger partial charge in [-0.05, 0) is 42.8 Å². The van der Waals surface area contributed by atoms with Crippen LogP contribution >= 0.6 is 23.2 Å². The maximum atomic E-state index is 12.9. The highest BCUT2D eigenvalue weighted by Crippen LogP contribution is 2.30. The minimum absolute atomic E-state index is 0.0139. The molecule has 28 heavy (non-hydrogen) atoms. The minimum Gasteiger partial charge on any atom is -0.383 e. The molecule has 2 rings (SSSR count). The number of halogens is 2. The maximum absolute atomic E-state index is 12.9. The van der Waals surface area contributed by atoms with Gasteiger partial charge < -0.3 is 9.64 Å². The van der Waals surface area contributed by atoms with E-state index in [0.717, 1.165) is 5.56 Å². The van der Waals surface area contributed by atoms with E-state index in [-0.39, 0.29) is 35.6 Å². The summed E-state index contributed by atoms with van der Waals surface area (Å²) in [6.07, 6.45) is 0. The van der Waals surface area contributed by atoms with E-state index in [1.165, 1.54) is 30.2 Å². The zero-order valence-corrected chi connectivity index (χ0v) is 18.1. The number of rotatable bonds is 8. The summed E-state index contributed by atoms with van der Waals surface area (Å²) in [5, 5.41) is 0.965. The molecule has 0 aliphatic rings. The topological polar surface area (TPSA) is 75.7 Å². The molecule has 2 aromatic carbocycles. The molecule has 1 atom stereocenters. The lowest BCUT2D eigenvalue weighted by Crippen LogP contribution is -2.30. The fourth-order valence-corrected chi connectivity index (χ4v) is 4.21.